The van der Waals surface area contributed by atoms with Crippen LogP contribution in [0.15, 0.2) is 23.2 Å². The molecule has 0 aliphatic carbocycles. The van der Waals surface area contributed by atoms with Crippen molar-refractivity contribution in [2.75, 3.05) is 20.3 Å². The van der Waals surface area contributed by atoms with Gasteiger partial charge in [0.1, 0.15) is 12.4 Å². The number of hydrogen-bond donors (Lipinski definition) is 0. The van der Waals surface area contributed by atoms with Crippen LogP contribution in [0.2, 0.25) is 5.02 Å². The Morgan fingerprint density at radius 1 is 1.50 bits per heavy atom. The van der Waals surface area contributed by atoms with Crippen molar-refractivity contribution in [1.29, 1.82) is 0 Å². The minimum absolute atomic E-state index is 0.615. The number of halogens is 1. The van der Waals surface area contributed by atoms with Gasteiger partial charge in [-0.15, -0.1) is 0 Å². The van der Waals surface area contributed by atoms with Crippen LogP contribution in [0.5, 0.6) is 5.75 Å². The molecule has 0 atom stereocenters. The zero-order chi connectivity index (χ0) is 9.97. The third-order valence-corrected chi connectivity index (χ3v) is 2.21. The van der Waals surface area contributed by atoms with Crippen molar-refractivity contribution < 1.29 is 9.47 Å². The first kappa shape index (κ1) is 9.34. The van der Waals surface area contributed by atoms with Crippen molar-refractivity contribution >= 4 is 17.5 Å². The topological polar surface area (TPSA) is 30.8 Å². The Morgan fingerprint density at radius 2 is 2.36 bits per heavy atom. The summed E-state index contributed by atoms with van der Waals surface area (Å²) in [6, 6.07) is 5.38. The molecule has 0 fully saturated rings. The molecule has 1 heterocycles. The van der Waals surface area contributed by atoms with E-state index >= 15 is 0 Å². The normalized spacial score (nSPS) is 14.9. The number of aliphatic imine (C=N–C) groups is 1. The Balaban J connectivity index is 2.43. The summed E-state index contributed by atoms with van der Waals surface area (Å²) in [5.74, 6) is 1.35. The summed E-state index contributed by atoms with van der Waals surface area (Å²) in [6.45, 7) is 1.33. The van der Waals surface area contributed by atoms with E-state index in [-0.39, 0.29) is 0 Å². The van der Waals surface area contributed by atoms with E-state index < -0.39 is 0 Å². The first-order valence-electron chi connectivity index (χ1n) is 4.32. The number of nitrogens with zero attached hydrogens (tertiary/aromatic N) is 1. The maximum Gasteiger partial charge on any atom is 0.220 e. The number of methoxy groups -OCH3 is 1. The largest absolute Gasteiger partial charge is 0.496 e. The zero-order valence-electron chi connectivity index (χ0n) is 7.79. The molecule has 0 bridgehead atoms. The van der Waals surface area contributed by atoms with Crippen LogP contribution >= 0.6 is 11.6 Å². The van der Waals surface area contributed by atoms with E-state index in [0.29, 0.717) is 24.1 Å². The third-order valence-electron chi connectivity index (χ3n) is 1.98. The Bertz CT molecular complexity index is 376. The highest BCUT2D eigenvalue weighted by Gasteiger charge is 2.15. The first-order chi connectivity index (χ1) is 6.81. The highest BCUT2D eigenvalue weighted by atomic mass is 35.5. The highest BCUT2D eigenvalue weighted by molar-refractivity contribution is 6.31. The summed E-state index contributed by atoms with van der Waals surface area (Å²) in [5, 5.41) is 0.652. The number of ether oxygens (including phenoxy) is 2. The molecule has 4 heteroatoms. The lowest BCUT2D eigenvalue weighted by molar-refractivity contribution is 0.345. The van der Waals surface area contributed by atoms with Crippen molar-refractivity contribution in [3.05, 3.63) is 28.8 Å². The fourth-order valence-corrected chi connectivity index (χ4v) is 1.52. The van der Waals surface area contributed by atoms with E-state index in [4.69, 9.17) is 21.1 Å². The van der Waals surface area contributed by atoms with E-state index in [9.17, 15) is 0 Å². The van der Waals surface area contributed by atoms with Crippen LogP contribution in [0, 0.1) is 0 Å². The van der Waals surface area contributed by atoms with E-state index in [2.05, 4.69) is 4.99 Å². The van der Waals surface area contributed by atoms with Crippen molar-refractivity contribution in [2.45, 2.75) is 0 Å². The summed E-state index contributed by atoms with van der Waals surface area (Å²) in [7, 11) is 1.61. The smallest absolute Gasteiger partial charge is 0.220 e. The van der Waals surface area contributed by atoms with Gasteiger partial charge in [0, 0.05) is 5.02 Å². The van der Waals surface area contributed by atoms with Crippen LogP contribution in [-0.2, 0) is 4.74 Å². The van der Waals surface area contributed by atoms with Gasteiger partial charge >= 0.3 is 0 Å². The Morgan fingerprint density at radius 3 is 3.00 bits per heavy atom. The van der Waals surface area contributed by atoms with Crippen LogP contribution in [0.25, 0.3) is 0 Å². The van der Waals surface area contributed by atoms with Crippen molar-refractivity contribution in [3.63, 3.8) is 0 Å². The predicted octanol–water partition coefficient (Wildman–Crippen LogP) is 2.13. The second-order valence-electron chi connectivity index (χ2n) is 2.88. The SMILES string of the molecule is COc1ccc(Cl)cc1C1=NCCO1. The highest BCUT2D eigenvalue weighted by Crippen LogP contribution is 2.24. The fourth-order valence-electron chi connectivity index (χ4n) is 1.35. The van der Waals surface area contributed by atoms with Gasteiger partial charge in [0.05, 0.1) is 19.2 Å². The molecular formula is C10H10ClNO2. The summed E-state index contributed by atoms with van der Waals surface area (Å²) in [6.07, 6.45) is 0. The summed E-state index contributed by atoms with van der Waals surface area (Å²) >= 11 is 5.89. The van der Waals surface area contributed by atoms with Gasteiger partial charge in [0.25, 0.3) is 0 Å². The molecule has 2 rings (SSSR count). The van der Waals surface area contributed by atoms with Gasteiger partial charge in [0.15, 0.2) is 0 Å². The second-order valence-corrected chi connectivity index (χ2v) is 3.32. The number of hydrogen-bond acceptors (Lipinski definition) is 3. The van der Waals surface area contributed by atoms with E-state index in [1.807, 2.05) is 6.07 Å². The molecule has 0 radical (unpaired) electrons. The molecule has 1 aromatic rings. The minimum Gasteiger partial charge on any atom is -0.496 e. The van der Waals surface area contributed by atoms with Crippen molar-refractivity contribution in [3.8, 4) is 5.75 Å². The Hall–Kier alpha value is -1.22. The Kier molecular flexibility index (Phi) is 2.59. The average Bonchev–Trinajstić information content (AvgIpc) is 2.70. The lowest BCUT2D eigenvalue weighted by atomic mass is 10.2. The molecule has 1 aliphatic heterocycles. The monoisotopic (exact) mass is 211 g/mol. The molecule has 0 unspecified atom stereocenters. The summed E-state index contributed by atoms with van der Waals surface area (Å²) in [4.78, 5) is 4.21. The molecule has 0 saturated carbocycles. The maximum atomic E-state index is 5.89. The lowest BCUT2D eigenvalue weighted by Crippen LogP contribution is -2.03. The van der Waals surface area contributed by atoms with E-state index in [1.165, 1.54) is 0 Å². The molecule has 0 aromatic heterocycles. The van der Waals surface area contributed by atoms with Gasteiger partial charge in [-0.25, -0.2) is 4.99 Å². The molecule has 74 valence electrons. The number of benzene rings is 1. The molecule has 0 N–H and O–H groups in total. The predicted molar refractivity (Wildman–Crippen MR) is 55.4 cm³/mol. The summed E-state index contributed by atoms with van der Waals surface area (Å²) < 4.78 is 10.5. The third kappa shape index (κ3) is 1.68. The van der Waals surface area contributed by atoms with E-state index in [0.717, 1.165) is 11.3 Å². The molecule has 0 amide bonds. The van der Waals surface area contributed by atoms with Crippen LogP contribution in [0.1, 0.15) is 5.56 Å². The average molecular weight is 212 g/mol. The minimum atomic E-state index is 0.615. The van der Waals surface area contributed by atoms with Gasteiger partial charge in [-0.2, -0.15) is 0 Å². The number of rotatable bonds is 2. The van der Waals surface area contributed by atoms with Crippen LogP contribution in [-0.4, -0.2) is 26.2 Å². The van der Waals surface area contributed by atoms with Crippen LogP contribution in [0.3, 0.4) is 0 Å². The van der Waals surface area contributed by atoms with Gasteiger partial charge < -0.3 is 9.47 Å². The molecule has 0 spiro atoms. The van der Waals surface area contributed by atoms with Crippen molar-refractivity contribution in [1.82, 2.24) is 0 Å². The van der Waals surface area contributed by atoms with Gasteiger partial charge in [-0.05, 0) is 18.2 Å². The Labute approximate surface area is 87.3 Å². The van der Waals surface area contributed by atoms with Gasteiger partial charge in [0.2, 0.25) is 5.90 Å². The standard InChI is InChI=1S/C10H10ClNO2/c1-13-9-3-2-7(11)6-8(9)10-12-4-5-14-10/h2-3,6H,4-5H2,1H3. The van der Waals surface area contributed by atoms with Crippen molar-refractivity contribution in [2.24, 2.45) is 4.99 Å². The zero-order valence-corrected chi connectivity index (χ0v) is 8.54. The molecule has 1 aliphatic rings. The fraction of sp³-hybridized carbons (Fsp3) is 0.300. The quantitative estimate of drug-likeness (QED) is 0.751. The maximum absolute atomic E-state index is 5.89. The molecule has 3 nitrogen and oxygen atoms in total. The summed E-state index contributed by atoms with van der Waals surface area (Å²) in [5.41, 5.74) is 0.817. The molecule has 14 heavy (non-hydrogen) atoms. The molecule has 1 aromatic carbocycles. The lowest BCUT2D eigenvalue weighted by Gasteiger charge is -2.08. The van der Waals surface area contributed by atoms with Crippen LogP contribution < -0.4 is 4.74 Å². The van der Waals surface area contributed by atoms with Crippen LogP contribution in [0.4, 0.5) is 0 Å². The van der Waals surface area contributed by atoms with E-state index in [1.54, 1.807) is 19.2 Å². The van der Waals surface area contributed by atoms with Gasteiger partial charge in [-0.3, -0.25) is 0 Å². The molecular weight excluding hydrogens is 202 g/mol. The van der Waals surface area contributed by atoms with Gasteiger partial charge in [-0.1, -0.05) is 11.6 Å². The first-order valence-corrected chi connectivity index (χ1v) is 4.70. The molecule has 0 saturated heterocycles. The second kappa shape index (κ2) is 3.88.